The van der Waals surface area contributed by atoms with Crippen LogP contribution in [0.5, 0.6) is 0 Å². The SMILES string of the molecule is C=CC(=C\C=C/C)/C(C#N)=C(\C#N)c1ccccc1. The molecule has 2 nitrogen and oxygen atoms in total. The Morgan fingerprint density at radius 2 is 1.84 bits per heavy atom. The zero-order chi connectivity index (χ0) is 14.1. The molecule has 0 spiro atoms. The van der Waals surface area contributed by atoms with Gasteiger partial charge in [-0.3, -0.25) is 0 Å². The molecule has 1 rings (SSSR count). The first-order valence-electron chi connectivity index (χ1n) is 5.84. The van der Waals surface area contributed by atoms with Gasteiger partial charge in [-0.05, 0) is 18.1 Å². The molecule has 0 saturated carbocycles. The summed E-state index contributed by atoms with van der Waals surface area (Å²) < 4.78 is 0. The average Bonchev–Trinajstić information content (AvgIpc) is 2.47. The summed E-state index contributed by atoms with van der Waals surface area (Å²) in [4.78, 5) is 0. The molecule has 1 aromatic carbocycles. The molecule has 0 saturated heterocycles. The Balaban J connectivity index is 3.48. The summed E-state index contributed by atoms with van der Waals surface area (Å²) in [6.45, 7) is 5.58. The maximum Gasteiger partial charge on any atom is 0.101 e. The Morgan fingerprint density at radius 1 is 1.16 bits per heavy atom. The summed E-state index contributed by atoms with van der Waals surface area (Å²) in [7, 11) is 0. The van der Waals surface area contributed by atoms with Crippen molar-refractivity contribution >= 4 is 5.57 Å². The minimum atomic E-state index is 0.335. The van der Waals surface area contributed by atoms with Gasteiger partial charge in [0.2, 0.25) is 0 Å². The minimum Gasteiger partial charge on any atom is -0.192 e. The number of nitriles is 2. The number of nitrogens with zero attached hydrogens (tertiary/aromatic N) is 2. The molecule has 19 heavy (non-hydrogen) atoms. The van der Waals surface area contributed by atoms with Crippen molar-refractivity contribution < 1.29 is 0 Å². The third kappa shape index (κ3) is 3.56. The van der Waals surface area contributed by atoms with Gasteiger partial charge in [-0.15, -0.1) is 0 Å². The molecular formula is C17H14N2. The van der Waals surface area contributed by atoms with Crippen molar-refractivity contribution in [3.8, 4) is 12.1 Å². The Morgan fingerprint density at radius 3 is 2.32 bits per heavy atom. The van der Waals surface area contributed by atoms with Crippen molar-refractivity contribution in [2.24, 2.45) is 0 Å². The van der Waals surface area contributed by atoms with Gasteiger partial charge >= 0.3 is 0 Å². The summed E-state index contributed by atoms with van der Waals surface area (Å²) in [6.07, 6.45) is 7.02. The van der Waals surface area contributed by atoms with Crippen LogP contribution in [0.2, 0.25) is 0 Å². The molecule has 0 amide bonds. The average molecular weight is 246 g/mol. The van der Waals surface area contributed by atoms with E-state index in [1.54, 1.807) is 12.2 Å². The lowest BCUT2D eigenvalue weighted by molar-refractivity contribution is 1.44. The van der Waals surface area contributed by atoms with E-state index in [9.17, 15) is 10.5 Å². The molecule has 92 valence electrons. The van der Waals surface area contributed by atoms with E-state index >= 15 is 0 Å². The van der Waals surface area contributed by atoms with Gasteiger partial charge in [-0.25, -0.2) is 0 Å². The highest BCUT2D eigenvalue weighted by Gasteiger charge is 2.10. The minimum absolute atomic E-state index is 0.335. The number of hydrogen-bond acceptors (Lipinski definition) is 2. The van der Waals surface area contributed by atoms with Crippen molar-refractivity contribution in [3.63, 3.8) is 0 Å². The van der Waals surface area contributed by atoms with Crippen molar-refractivity contribution in [2.45, 2.75) is 6.92 Å². The second kappa shape index (κ2) is 7.48. The monoisotopic (exact) mass is 246 g/mol. The molecule has 0 fully saturated rings. The third-order valence-corrected chi connectivity index (χ3v) is 2.51. The molecule has 0 aliphatic rings. The normalized spacial score (nSPS) is 12.5. The van der Waals surface area contributed by atoms with Crippen LogP contribution in [0.1, 0.15) is 12.5 Å². The van der Waals surface area contributed by atoms with Gasteiger partial charge in [0, 0.05) is 0 Å². The molecule has 1 aromatic rings. The topological polar surface area (TPSA) is 47.6 Å². The number of benzene rings is 1. The molecule has 0 bridgehead atoms. The van der Waals surface area contributed by atoms with E-state index in [1.807, 2.05) is 49.4 Å². The van der Waals surface area contributed by atoms with E-state index in [-0.39, 0.29) is 0 Å². The van der Waals surface area contributed by atoms with Crippen molar-refractivity contribution in [1.29, 1.82) is 10.5 Å². The molecule has 2 heteroatoms. The van der Waals surface area contributed by atoms with E-state index in [0.29, 0.717) is 16.7 Å². The first-order chi connectivity index (χ1) is 9.28. The van der Waals surface area contributed by atoms with Crippen LogP contribution in [0.15, 0.2) is 72.4 Å². The molecule has 0 atom stereocenters. The van der Waals surface area contributed by atoms with Crippen LogP contribution in [-0.2, 0) is 0 Å². The van der Waals surface area contributed by atoms with E-state index in [0.717, 1.165) is 5.56 Å². The van der Waals surface area contributed by atoms with Crippen LogP contribution in [0.4, 0.5) is 0 Å². The van der Waals surface area contributed by atoms with Gasteiger partial charge in [0.1, 0.15) is 12.1 Å². The van der Waals surface area contributed by atoms with Crippen molar-refractivity contribution in [2.75, 3.05) is 0 Å². The number of allylic oxidation sites excluding steroid dienone is 7. The quantitative estimate of drug-likeness (QED) is 0.591. The summed E-state index contributed by atoms with van der Waals surface area (Å²) in [5, 5.41) is 18.6. The van der Waals surface area contributed by atoms with Gasteiger partial charge in [0.15, 0.2) is 0 Å². The maximum atomic E-state index is 9.32. The van der Waals surface area contributed by atoms with Gasteiger partial charge in [-0.2, -0.15) is 10.5 Å². The van der Waals surface area contributed by atoms with Crippen LogP contribution < -0.4 is 0 Å². The van der Waals surface area contributed by atoms with Crippen LogP contribution >= 0.6 is 0 Å². The number of rotatable bonds is 4. The summed E-state index contributed by atoms with van der Waals surface area (Å²) in [6, 6.07) is 13.4. The van der Waals surface area contributed by atoms with E-state index < -0.39 is 0 Å². The van der Waals surface area contributed by atoms with Crippen molar-refractivity contribution in [1.82, 2.24) is 0 Å². The Hall–Kier alpha value is -2.84. The predicted molar refractivity (Wildman–Crippen MR) is 77.7 cm³/mol. The van der Waals surface area contributed by atoms with Crippen LogP contribution in [-0.4, -0.2) is 0 Å². The lowest BCUT2D eigenvalue weighted by Gasteiger charge is -2.04. The van der Waals surface area contributed by atoms with E-state index in [4.69, 9.17) is 0 Å². The molecule has 0 aromatic heterocycles. The fourth-order valence-corrected chi connectivity index (χ4v) is 1.59. The molecule has 0 unspecified atom stereocenters. The summed E-state index contributed by atoms with van der Waals surface area (Å²) in [5.74, 6) is 0. The first-order valence-corrected chi connectivity index (χ1v) is 5.84. The van der Waals surface area contributed by atoms with Gasteiger partial charge in [0.05, 0.1) is 11.1 Å². The van der Waals surface area contributed by atoms with Gasteiger partial charge in [0.25, 0.3) is 0 Å². The van der Waals surface area contributed by atoms with Crippen LogP contribution in [0.3, 0.4) is 0 Å². The molecule has 0 radical (unpaired) electrons. The zero-order valence-electron chi connectivity index (χ0n) is 10.8. The fourth-order valence-electron chi connectivity index (χ4n) is 1.59. The summed E-state index contributed by atoms with van der Waals surface area (Å²) in [5.41, 5.74) is 2.07. The highest BCUT2D eigenvalue weighted by Crippen LogP contribution is 2.23. The molecule has 0 heterocycles. The first kappa shape index (κ1) is 14.2. The largest absolute Gasteiger partial charge is 0.192 e. The lowest BCUT2D eigenvalue weighted by atomic mass is 9.96. The van der Waals surface area contributed by atoms with Gasteiger partial charge < -0.3 is 0 Å². The highest BCUT2D eigenvalue weighted by molar-refractivity contribution is 5.85. The Labute approximate surface area is 113 Å². The smallest absolute Gasteiger partial charge is 0.101 e. The lowest BCUT2D eigenvalue weighted by Crippen LogP contribution is -1.91. The second-order valence-corrected chi connectivity index (χ2v) is 3.69. The molecule has 0 aliphatic heterocycles. The third-order valence-electron chi connectivity index (χ3n) is 2.51. The molecule has 0 N–H and O–H groups in total. The van der Waals surface area contributed by atoms with Crippen LogP contribution in [0, 0.1) is 22.7 Å². The zero-order valence-corrected chi connectivity index (χ0v) is 10.8. The van der Waals surface area contributed by atoms with E-state index in [2.05, 4.69) is 18.7 Å². The van der Waals surface area contributed by atoms with Crippen molar-refractivity contribution in [3.05, 3.63) is 77.9 Å². The van der Waals surface area contributed by atoms with Crippen LogP contribution in [0.25, 0.3) is 5.57 Å². The standard InChI is InChI=1S/C17H14N2/c1-3-5-9-14(4-2)16(12-18)17(13-19)15-10-7-6-8-11-15/h3-11H,2H2,1H3/b5-3-,14-9+,17-16+. The second-order valence-electron chi connectivity index (χ2n) is 3.69. The predicted octanol–water partition coefficient (Wildman–Crippen LogP) is 4.18. The Kier molecular flexibility index (Phi) is 5.60. The van der Waals surface area contributed by atoms with E-state index in [1.165, 1.54) is 0 Å². The number of hydrogen-bond donors (Lipinski definition) is 0. The fraction of sp³-hybridized carbons (Fsp3) is 0.0588. The highest BCUT2D eigenvalue weighted by atomic mass is 14.3. The summed E-state index contributed by atoms with van der Waals surface area (Å²) >= 11 is 0. The maximum absolute atomic E-state index is 9.32. The molecule has 0 aliphatic carbocycles. The Bertz CT molecular complexity index is 617. The molecular weight excluding hydrogens is 232 g/mol. The van der Waals surface area contributed by atoms with Gasteiger partial charge in [-0.1, -0.05) is 61.2 Å².